The summed E-state index contributed by atoms with van der Waals surface area (Å²) in [4.78, 5) is 29.4. The van der Waals surface area contributed by atoms with Gasteiger partial charge in [0.05, 0.1) is 18.1 Å². The van der Waals surface area contributed by atoms with Crippen LogP contribution in [-0.4, -0.2) is 32.6 Å². The van der Waals surface area contributed by atoms with Crippen LogP contribution >= 0.6 is 11.8 Å². The highest BCUT2D eigenvalue weighted by atomic mass is 32.2. The van der Waals surface area contributed by atoms with Gasteiger partial charge in [-0.1, -0.05) is 18.3 Å². The number of aliphatic imine (C=N–C) groups is 1. The largest absolute Gasteiger partial charge is 0.415 e. The van der Waals surface area contributed by atoms with E-state index in [9.17, 15) is 13.6 Å². The Morgan fingerprint density at radius 3 is 2.82 bits per heavy atom. The van der Waals surface area contributed by atoms with E-state index in [-0.39, 0.29) is 11.6 Å². The molecular formula is C17H16F2N6O2S. The Labute approximate surface area is 163 Å². The second kappa shape index (κ2) is 7.89. The third-order valence-electron chi connectivity index (χ3n) is 3.79. The number of hydrogen-bond acceptors (Lipinski definition) is 8. The van der Waals surface area contributed by atoms with E-state index in [0.29, 0.717) is 23.0 Å². The molecule has 0 spiro atoms. The molecule has 0 aromatic carbocycles. The number of amidine groups is 1. The number of rotatable bonds is 5. The second-order valence-corrected chi connectivity index (χ2v) is 7.24. The monoisotopic (exact) mass is 406 g/mol. The zero-order valence-electron chi connectivity index (χ0n) is 14.7. The van der Waals surface area contributed by atoms with Crippen LogP contribution in [0, 0.1) is 0 Å². The minimum absolute atomic E-state index is 0.0594. The average Bonchev–Trinajstić information content (AvgIpc) is 2.61. The number of thioether (sulfide) groups is 1. The van der Waals surface area contributed by atoms with Crippen LogP contribution in [0.1, 0.15) is 29.5 Å². The minimum atomic E-state index is -3.02. The number of aromatic nitrogens is 3. The molecule has 0 saturated heterocycles. The molecule has 0 unspecified atom stereocenters. The van der Waals surface area contributed by atoms with Gasteiger partial charge in [0.1, 0.15) is 11.2 Å². The molecule has 3 N–H and O–H groups in total. The molecule has 28 heavy (non-hydrogen) atoms. The quantitative estimate of drug-likeness (QED) is 0.784. The van der Waals surface area contributed by atoms with Crippen molar-refractivity contribution < 1.29 is 18.3 Å². The van der Waals surface area contributed by atoms with Crippen molar-refractivity contribution in [3.8, 4) is 5.88 Å². The van der Waals surface area contributed by atoms with Gasteiger partial charge in [-0.3, -0.25) is 9.78 Å². The number of hydrogen-bond donors (Lipinski definition) is 2. The fourth-order valence-electron chi connectivity index (χ4n) is 2.60. The summed E-state index contributed by atoms with van der Waals surface area (Å²) in [6.45, 7) is 2.82. The Morgan fingerprint density at radius 1 is 1.39 bits per heavy atom. The molecule has 0 bridgehead atoms. The average molecular weight is 406 g/mol. The highest BCUT2D eigenvalue weighted by molar-refractivity contribution is 8.17. The molecule has 2 aromatic heterocycles. The van der Waals surface area contributed by atoms with E-state index in [1.54, 1.807) is 12.1 Å². The van der Waals surface area contributed by atoms with Gasteiger partial charge in [0.15, 0.2) is 5.17 Å². The smallest absolute Gasteiger partial charge is 0.388 e. The van der Waals surface area contributed by atoms with Crippen molar-refractivity contribution >= 4 is 28.5 Å². The lowest BCUT2D eigenvalue weighted by molar-refractivity contribution is -0.0531. The first-order valence-corrected chi connectivity index (χ1v) is 8.82. The number of nitrogens with zero attached hydrogens (tertiary/aromatic N) is 4. The highest BCUT2D eigenvalue weighted by Gasteiger charge is 2.33. The minimum Gasteiger partial charge on any atom is -0.415 e. The van der Waals surface area contributed by atoms with Crippen molar-refractivity contribution in [1.82, 2.24) is 15.0 Å². The van der Waals surface area contributed by atoms with Crippen molar-refractivity contribution in [3.05, 3.63) is 53.6 Å². The number of amides is 1. The maximum absolute atomic E-state index is 12.3. The zero-order valence-corrected chi connectivity index (χ0v) is 15.5. The van der Waals surface area contributed by atoms with Crippen LogP contribution in [0.5, 0.6) is 5.88 Å². The van der Waals surface area contributed by atoms with Gasteiger partial charge in [-0.15, -0.1) is 0 Å². The van der Waals surface area contributed by atoms with Crippen LogP contribution in [0.3, 0.4) is 0 Å². The summed E-state index contributed by atoms with van der Waals surface area (Å²) in [5, 5.41) is 3.06. The lowest BCUT2D eigenvalue weighted by atomic mass is 9.93. The summed E-state index contributed by atoms with van der Waals surface area (Å²) < 4.78 is 28.4. The van der Waals surface area contributed by atoms with Crippen LogP contribution in [0.4, 0.5) is 14.5 Å². The van der Waals surface area contributed by atoms with Crippen molar-refractivity contribution in [2.45, 2.75) is 25.5 Å². The molecule has 3 rings (SSSR count). The van der Waals surface area contributed by atoms with Crippen molar-refractivity contribution in [2.24, 2.45) is 10.7 Å². The number of carbonyl (C=O) groups is 1. The van der Waals surface area contributed by atoms with Crippen LogP contribution in [-0.2, 0) is 5.54 Å². The molecule has 0 fully saturated rings. The van der Waals surface area contributed by atoms with Gasteiger partial charge in [0.25, 0.3) is 5.91 Å². The summed E-state index contributed by atoms with van der Waals surface area (Å²) in [5.41, 5.74) is 6.18. The van der Waals surface area contributed by atoms with E-state index in [1.165, 1.54) is 18.0 Å². The van der Waals surface area contributed by atoms with E-state index in [0.717, 1.165) is 17.3 Å². The molecule has 0 radical (unpaired) electrons. The van der Waals surface area contributed by atoms with Gasteiger partial charge >= 0.3 is 6.61 Å². The predicted molar refractivity (Wildman–Crippen MR) is 101 cm³/mol. The molecule has 146 valence electrons. The predicted octanol–water partition coefficient (Wildman–Crippen LogP) is 2.91. The van der Waals surface area contributed by atoms with Crippen molar-refractivity contribution in [2.75, 3.05) is 5.32 Å². The number of ether oxygens (including phenoxy) is 1. The van der Waals surface area contributed by atoms with Gasteiger partial charge in [-0.2, -0.15) is 8.78 Å². The van der Waals surface area contributed by atoms with Gasteiger partial charge < -0.3 is 15.8 Å². The van der Waals surface area contributed by atoms with Crippen molar-refractivity contribution in [1.29, 1.82) is 0 Å². The SMILES string of the molecule is C=C1C[C@@](C)(c2cc(NC(=O)c3cnc(OC(F)F)cn3)ccn2)N=C(N)S1. The van der Waals surface area contributed by atoms with E-state index >= 15 is 0 Å². The molecular weight excluding hydrogens is 390 g/mol. The normalized spacial score (nSPS) is 19.3. The highest BCUT2D eigenvalue weighted by Crippen LogP contribution is 2.39. The lowest BCUT2D eigenvalue weighted by Gasteiger charge is -2.30. The van der Waals surface area contributed by atoms with Crippen LogP contribution in [0.15, 0.2) is 47.2 Å². The number of nitrogens with two attached hydrogens (primary N) is 1. The fraction of sp³-hybridized carbons (Fsp3) is 0.235. The number of anilines is 1. The Morgan fingerprint density at radius 2 is 2.18 bits per heavy atom. The Balaban J connectivity index is 1.77. The molecule has 8 nitrogen and oxygen atoms in total. The molecule has 3 heterocycles. The number of carbonyl (C=O) groups excluding carboxylic acids is 1. The summed E-state index contributed by atoms with van der Waals surface area (Å²) in [6, 6.07) is 3.28. The molecule has 1 atom stereocenters. The molecule has 11 heteroatoms. The molecule has 1 amide bonds. The fourth-order valence-corrected chi connectivity index (χ4v) is 3.50. The van der Waals surface area contributed by atoms with Crippen LogP contribution in [0.2, 0.25) is 0 Å². The molecule has 1 aliphatic rings. The maximum Gasteiger partial charge on any atom is 0.388 e. The number of pyridine rings is 1. The standard InChI is InChI=1S/C17H16F2N6O2S/c1-9-6-17(2,25-16(20)28-9)12-5-10(3-4-21-12)24-14(26)11-7-23-13(8-22-11)27-15(18)19/h3-5,7-8,15H,1,6H2,2H3,(H2,20,25)(H,21,24,26)/t17-/m0/s1. The molecule has 0 aliphatic carbocycles. The number of nitrogens with one attached hydrogen (secondary N) is 1. The van der Waals surface area contributed by atoms with E-state index < -0.39 is 18.1 Å². The van der Waals surface area contributed by atoms with Gasteiger partial charge in [-0.05, 0) is 24.0 Å². The topological polar surface area (TPSA) is 115 Å². The first-order chi connectivity index (χ1) is 13.2. The van der Waals surface area contributed by atoms with Gasteiger partial charge in [0.2, 0.25) is 5.88 Å². The van der Waals surface area contributed by atoms with Crippen LogP contribution in [0.25, 0.3) is 0 Å². The lowest BCUT2D eigenvalue weighted by Crippen LogP contribution is -2.29. The number of alkyl halides is 2. The Hall–Kier alpha value is -3.08. The first kappa shape index (κ1) is 19.7. The third kappa shape index (κ3) is 4.60. The zero-order chi connectivity index (χ0) is 20.3. The molecule has 0 saturated carbocycles. The molecule has 1 aliphatic heterocycles. The Kier molecular flexibility index (Phi) is 5.54. The number of halogens is 2. The first-order valence-electron chi connectivity index (χ1n) is 8.01. The van der Waals surface area contributed by atoms with E-state index in [4.69, 9.17) is 5.73 Å². The maximum atomic E-state index is 12.3. The van der Waals surface area contributed by atoms with Gasteiger partial charge in [-0.25, -0.2) is 15.0 Å². The van der Waals surface area contributed by atoms with Gasteiger partial charge in [0, 0.05) is 18.3 Å². The van der Waals surface area contributed by atoms with Crippen LogP contribution < -0.4 is 15.8 Å². The summed E-state index contributed by atoms with van der Waals surface area (Å²) in [5.74, 6) is -0.943. The third-order valence-corrected chi connectivity index (χ3v) is 4.52. The van der Waals surface area contributed by atoms with E-state index in [2.05, 4.69) is 36.6 Å². The second-order valence-electron chi connectivity index (χ2n) is 6.04. The Bertz CT molecular complexity index is 937. The molecule has 2 aromatic rings. The van der Waals surface area contributed by atoms with Crippen molar-refractivity contribution in [3.63, 3.8) is 0 Å². The summed E-state index contributed by atoms with van der Waals surface area (Å²) in [6.07, 6.45) is 4.09. The summed E-state index contributed by atoms with van der Waals surface area (Å²) >= 11 is 1.32. The summed E-state index contributed by atoms with van der Waals surface area (Å²) in [7, 11) is 0. The van der Waals surface area contributed by atoms with E-state index in [1.807, 2.05) is 6.92 Å².